The van der Waals surface area contributed by atoms with E-state index < -0.39 is 0 Å². The van der Waals surface area contributed by atoms with Gasteiger partial charge in [-0.05, 0) is 89.9 Å². The van der Waals surface area contributed by atoms with Crippen molar-refractivity contribution in [3.63, 3.8) is 0 Å². The molecule has 1 unspecified atom stereocenters. The maximum Gasteiger partial charge on any atom is 0.0640 e. The van der Waals surface area contributed by atoms with E-state index in [9.17, 15) is 0 Å². The Labute approximate surface area is 335 Å². The number of anilines is 5. The Morgan fingerprint density at radius 3 is 1.57 bits per heavy atom. The number of fused-ring (bicyclic) bond motifs is 6. The van der Waals surface area contributed by atoms with Crippen LogP contribution in [0.4, 0.5) is 28.4 Å². The second-order valence-corrected chi connectivity index (χ2v) is 16.3. The molecule has 7 aromatic carbocycles. The predicted octanol–water partition coefficient (Wildman–Crippen LogP) is 15.9. The molecular formula is C52H38N2S2. The summed E-state index contributed by atoms with van der Waals surface area (Å²) >= 11 is 3.72. The van der Waals surface area contributed by atoms with Gasteiger partial charge >= 0.3 is 0 Å². The van der Waals surface area contributed by atoms with Gasteiger partial charge in [-0.25, -0.2) is 0 Å². The second-order valence-electron chi connectivity index (χ2n) is 14.2. The van der Waals surface area contributed by atoms with E-state index in [0.29, 0.717) is 0 Å². The maximum absolute atomic E-state index is 4.07. The molecule has 4 heteroatoms. The Hall–Kier alpha value is -6.46. The lowest BCUT2D eigenvalue weighted by Crippen LogP contribution is -2.17. The van der Waals surface area contributed by atoms with E-state index in [-0.39, 0.29) is 5.92 Å². The van der Waals surface area contributed by atoms with Crippen molar-refractivity contribution in [2.45, 2.75) is 12.3 Å². The average molecular weight is 755 g/mol. The highest BCUT2D eigenvalue weighted by Gasteiger charge is 2.23. The van der Waals surface area contributed by atoms with Crippen molar-refractivity contribution in [2.24, 2.45) is 0 Å². The molecule has 2 nitrogen and oxygen atoms in total. The van der Waals surface area contributed by atoms with Crippen LogP contribution in [0.15, 0.2) is 195 Å². The molecule has 2 heterocycles. The molecule has 0 bridgehead atoms. The third kappa shape index (κ3) is 5.95. The minimum atomic E-state index is 0.262. The Morgan fingerprint density at radius 2 is 1.02 bits per heavy atom. The molecule has 0 saturated heterocycles. The van der Waals surface area contributed by atoms with Gasteiger partial charge in [0.05, 0.1) is 20.8 Å². The highest BCUT2D eigenvalue weighted by atomic mass is 32.1. The van der Waals surface area contributed by atoms with Gasteiger partial charge in [-0.1, -0.05) is 135 Å². The standard InChI is InChI=1S/C52H38N2S2/c1-3-35-13-9-15-41(33-35)53(47-21-11-19-45-43-17-5-7-23-49(43)55-51(45)47)39-29-25-37(26-30-39)38-27-31-40(32-28-38)54(42-16-10-14-36(4-2)34-42)48-22-12-20-46-44-18-6-8-24-50(44)56-52(46)48/h3-27,29-34,38H,1-2,28H2. The van der Waals surface area contributed by atoms with Crippen molar-refractivity contribution >= 4 is 104 Å². The van der Waals surface area contributed by atoms with Crippen molar-refractivity contribution in [3.05, 3.63) is 211 Å². The summed E-state index contributed by atoms with van der Waals surface area (Å²) in [5.74, 6) is 0.262. The molecule has 0 saturated carbocycles. The van der Waals surface area contributed by atoms with Crippen molar-refractivity contribution < 1.29 is 0 Å². The fourth-order valence-electron chi connectivity index (χ4n) is 8.15. The Bertz CT molecular complexity index is 3010. The van der Waals surface area contributed by atoms with Gasteiger partial charge in [0, 0.05) is 59.6 Å². The monoisotopic (exact) mass is 754 g/mol. The van der Waals surface area contributed by atoms with Crippen molar-refractivity contribution in [3.8, 4) is 0 Å². The first kappa shape index (κ1) is 34.1. The Kier molecular flexibility index (Phi) is 8.71. The largest absolute Gasteiger partial charge is 0.309 e. The van der Waals surface area contributed by atoms with E-state index >= 15 is 0 Å². The van der Waals surface area contributed by atoms with Gasteiger partial charge in [0.1, 0.15) is 0 Å². The molecule has 0 N–H and O–H groups in total. The van der Waals surface area contributed by atoms with E-state index in [1.54, 1.807) is 0 Å². The van der Waals surface area contributed by atoms with Crippen LogP contribution < -0.4 is 9.80 Å². The summed E-state index contributed by atoms with van der Waals surface area (Å²) in [6.45, 7) is 8.13. The molecular weight excluding hydrogens is 717 g/mol. The third-order valence-corrected chi connectivity index (χ3v) is 13.3. The fraction of sp³-hybridized carbons (Fsp3) is 0.0385. The van der Waals surface area contributed by atoms with Crippen molar-refractivity contribution in [1.29, 1.82) is 0 Å². The minimum Gasteiger partial charge on any atom is -0.309 e. The lowest BCUT2D eigenvalue weighted by molar-refractivity contribution is 0.840. The fourth-order valence-corrected chi connectivity index (χ4v) is 10.6. The summed E-state index contributed by atoms with van der Waals surface area (Å²) in [6.07, 6.45) is 11.8. The molecule has 9 aromatic rings. The normalized spacial score (nSPS) is 14.0. The summed E-state index contributed by atoms with van der Waals surface area (Å²) in [6, 6.07) is 57.3. The van der Waals surface area contributed by atoms with Gasteiger partial charge < -0.3 is 9.80 Å². The predicted molar refractivity (Wildman–Crippen MR) is 247 cm³/mol. The first-order chi connectivity index (χ1) is 27.7. The Morgan fingerprint density at radius 1 is 0.500 bits per heavy atom. The third-order valence-electron chi connectivity index (χ3n) is 10.9. The zero-order valence-electron chi connectivity index (χ0n) is 30.8. The summed E-state index contributed by atoms with van der Waals surface area (Å²) in [7, 11) is 0. The van der Waals surface area contributed by atoms with E-state index in [4.69, 9.17) is 0 Å². The van der Waals surface area contributed by atoms with Crippen LogP contribution in [0, 0.1) is 0 Å². The van der Waals surface area contributed by atoms with Gasteiger partial charge in [0.2, 0.25) is 0 Å². The molecule has 10 rings (SSSR count). The zero-order chi connectivity index (χ0) is 37.6. The molecule has 1 aliphatic rings. The van der Waals surface area contributed by atoms with Crippen LogP contribution in [0.2, 0.25) is 0 Å². The van der Waals surface area contributed by atoms with Gasteiger partial charge in [-0.3, -0.25) is 0 Å². The number of hydrogen-bond donors (Lipinski definition) is 0. The van der Waals surface area contributed by atoms with Crippen LogP contribution in [0.3, 0.4) is 0 Å². The lowest BCUT2D eigenvalue weighted by atomic mass is 9.91. The zero-order valence-corrected chi connectivity index (χ0v) is 32.4. The number of nitrogens with zero attached hydrogens (tertiary/aromatic N) is 2. The van der Waals surface area contributed by atoms with Crippen LogP contribution in [0.25, 0.3) is 52.5 Å². The highest BCUT2D eigenvalue weighted by molar-refractivity contribution is 7.26. The molecule has 1 aliphatic carbocycles. The van der Waals surface area contributed by atoms with Gasteiger partial charge in [-0.2, -0.15) is 0 Å². The van der Waals surface area contributed by atoms with Gasteiger partial charge in [0.25, 0.3) is 0 Å². The number of rotatable bonds is 9. The topological polar surface area (TPSA) is 6.48 Å². The van der Waals surface area contributed by atoms with Crippen LogP contribution in [-0.4, -0.2) is 0 Å². The van der Waals surface area contributed by atoms with E-state index in [1.165, 1.54) is 63.0 Å². The van der Waals surface area contributed by atoms with Crippen LogP contribution in [-0.2, 0) is 0 Å². The second kappa shape index (κ2) is 14.3. The molecule has 0 radical (unpaired) electrons. The minimum absolute atomic E-state index is 0.262. The van der Waals surface area contributed by atoms with Gasteiger partial charge in [0.15, 0.2) is 0 Å². The first-order valence-corrected chi connectivity index (χ1v) is 20.6. The van der Waals surface area contributed by atoms with Crippen LogP contribution >= 0.6 is 22.7 Å². The number of allylic oxidation sites excluding steroid dienone is 3. The van der Waals surface area contributed by atoms with Crippen LogP contribution in [0.5, 0.6) is 0 Å². The molecule has 1 atom stereocenters. The molecule has 0 spiro atoms. The molecule has 0 amide bonds. The van der Waals surface area contributed by atoms with Gasteiger partial charge in [-0.15, -0.1) is 22.7 Å². The summed E-state index contributed by atoms with van der Waals surface area (Å²) in [4.78, 5) is 4.82. The summed E-state index contributed by atoms with van der Waals surface area (Å²) in [5.41, 5.74) is 10.4. The van der Waals surface area contributed by atoms with E-state index in [1.807, 2.05) is 34.8 Å². The number of thiophene rings is 2. The molecule has 0 aliphatic heterocycles. The molecule has 268 valence electrons. The number of benzene rings is 7. The number of hydrogen-bond acceptors (Lipinski definition) is 4. The smallest absolute Gasteiger partial charge is 0.0640 e. The maximum atomic E-state index is 4.07. The van der Waals surface area contributed by atoms with E-state index in [2.05, 4.69) is 199 Å². The highest BCUT2D eigenvalue weighted by Crippen LogP contribution is 2.47. The molecule has 0 fully saturated rings. The van der Waals surface area contributed by atoms with E-state index in [0.717, 1.165) is 34.6 Å². The lowest BCUT2D eigenvalue weighted by Gasteiger charge is -2.30. The Balaban J connectivity index is 1.01. The quantitative estimate of drug-likeness (QED) is 0.145. The average Bonchev–Trinajstić information content (AvgIpc) is 3.84. The van der Waals surface area contributed by atoms with Crippen molar-refractivity contribution in [1.82, 2.24) is 0 Å². The summed E-state index contributed by atoms with van der Waals surface area (Å²) in [5, 5.41) is 5.18. The molecule has 2 aromatic heterocycles. The first-order valence-electron chi connectivity index (χ1n) is 19.0. The van der Waals surface area contributed by atoms with Crippen molar-refractivity contribution in [2.75, 3.05) is 9.80 Å². The SMILES string of the molecule is C=Cc1cccc(N(C2=CCC(c3ccc(N(c4cccc(C=C)c4)c4cccc5c4sc4ccccc45)cc3)C=C2)c2cccc3c2sc2ccccc23)c1. The molecule has 56 heavy (non-hydrogen) atoms. The van der Waals surface area contributed by atoms with Crippen LogP contribution in [0.1, 0.15) is 29.0 Å². The summed E-state index contributed by atoms with van der Waals surface area (Å²) < 4.78 is 5.18.